The first-order chi connectivity index (χ1) is 17.1. The Morgan fingerprint density at radius 2 is 1.89 bits per heavy atom. The maximum absolute atomic E-state index is 12.6. The number of aliphatic hydroxyl groups is 2. The van der Waals surface area contributed by atoms with Gasteiger partial charge in [-0.1, -0.05) is 30.5 Å². The van der Waals surface area contributed by atoms with Gasteiger partial charge in [0.15, 0.2) is 17.7 Å². The lowest BCUT2D eigenvalue weighted by Gasteiger charge is -2.17. The largest absolute Gasteiger partial charge is 0.480 e. The van der Waals surface area contributed by atoms with E-state index in [2.05, 4.69) is 19.7 Å². The Labute approximate surface area is 207 Å². The number of fused-ring (bicyclic) bond motifs is 1. The van der Waals surface area contributed by atoms with Crippen molar-refractivity contribution in [2.75, 3.05) is 5.73 Å². The first-order valence-corrected chi connectivity index (χ1v) is 12.8. The average molecular weight is 521 g/mol. The number of rotatable bonds is 10. The summed E-state index contributed by atoms with van der Waals surface area (Å²) in [5, 5.41) is 30.6. The Morgan fingerprint density at radius 3 is 2.58 bits per heavy atom. The van der Waals surface area contributed by atoms with E-state index in [9.17, 15) is 28.5 Å². The molecule has 1 fully saturated rings. The highest BCUT2D eigenvalue weighted by atomic mass is 32.2. The van der Waals surface area contributed by atoms with Gasteiger partial charge < -0.3 is 25.8 Å². The monoisotopic (exact) mass is 520 g/mol. The van der Waals surface area contributed by atoms with Gasteiger partial charge in [0.2, 0.25) is 10.0 Å². The Bertz CT molecular complexity index is 1330. The number of nitrogens with zero attached hydrogens (tertiary/aromatic N) is 4. The second-order valence-corrected chi connectivity index (χ2v) is 10.5. The van der Waals surface area contributed by atoms with Crippen molar-refractivity contribution in [3.8, 4) is 0 Å². The van der Waals surface area contributed by atoms with E-state index in [1.807, 2.05) is 6.92 Å². The molecule has 5 atom stereocenters. The van der Waals surface area contributed by atoms with E-state index in [4.69, 9.17) is 10.5 Å². The molecule has 0 spiro atoms. The van der Waals surface area contributed by atoms with Gasteiger partial charge in [-0.25, -0.2) is 23.4 Å². The summed E-state index contributed by atoms with van der Waals surface area (Å²) in [6.07, 6.45) is -0.333. The third-order valence-corrected chi connectivity index (χ3v) is 7.64. The van der Waals surface area contributed by atoms with Crippen LogP contribution in [0.4, 0.5) is 5.82 Å². The zero-order valence-electron chi connectivity index (χ0n) is 19.4. The number of hydrogen-bond acceptors (Lipinski definition) is 10. The minimum absolute atomic E-state index is 0.0130. The quantitative estimate of drug-likeness (QED) is 0.230. The van der Waals surface area contributed by atoms with E-state index >= 15 is 0 Å². The summed E-state index contributed by atoms with van der Waals surface area (Å²) in [5.41, 5.74) is 7.38. The summed E-state index contributed by atoms with van der Waals surface area (Å²) in [4.78, 5) is 23.8. The standard InChI is InChI=1S/C22H28N6O7S/c1-12-6-8-13(9-7-12)36(33,34)27-14(22(31)32)4-2-3-5-15-17(29)18(30)21(35-15)28-11-26-16-19(23)24-10-25-20(16)28/h6-11,14-15,17-18,21,27,29-30H,2-5H2,1H3,(H,31,32)(H2,23,24,25)/t14-,15+,17+,18+,21+/m0/s1. The molecular weight excluding hydrogens is 492 g/mol. The van der Waals surface area contributed by atoms with Crippen molar-refractivity contribution in [1.82, 2.24) is 24.2 Å². The van der Waals surface area contributed by atoms with Gasteiger partial charge in [0.05, 0.1) is 17.3 Å². The number of aliphatic carboxylic acids is 1. The number of aryl methyl sites for hydroxylation is 1. The highest BCUT2D eigenvalue weighted by molar-refractivity contribution is 7.89. The van der Waals surface area contributed by atoms with Crippen LogP contribution in [0.2, 0.25) is 0 Å². The molecular formula is C22H28N6O7S. The third-order valence-electron chi connectivity index (χ3n) is 6.16. The number of carbonyl (C=O) groups is 1. The number of aromatic nitrogens is 4. The number of ether oxygens (including phenoxy) is 1. The number of aliphatic hydroxyl groups excluding tert-OH is 2. The fourth-order valence-electron chi connectivity index (χ4n) is 4.15. The molecule has 1 aromatic carbocycles. The van der Waals surface area contributed by atoms with E-state index in [0.29, 0.717) is 30.4 Å². The van der Waals surface area contributed by atoms with Crippen molar-refractivity contribution in [3.63, 3.8) is 0 Å². The predicted molar refractivity (Wildman–Crippen MR) is 127 cm³/mol. The number of sulfonamides is 1. The Hall–Kier alpha value is -3.17. The number of nitrogens with two attached hydrogens (primary N) is 1. The van der Waals surface area contributed by atoms with Crippen molar-refractivity contribution < 1.29 is 33.3 Å². The van der Waals surface area contributed by atoms with Crippen LogP contribution >= 0.6 is 0 Å². The van der Waals surface area contributed by atoms with Crippen molar-refractivity contribution in [1.29, 1.82) is 0 Å². The summed E-state index contributed by atoms with van der Waals surface area (Å²) in [5.74, 6) is -1.11. The molecule has 0 bridgehead atoms. The predicted octanol–water partition coefficient (Wildman–Crippen LogP) is 0.328. The van der Waals surface area contributed by atoms with Gasteiger partial charge in [-0.2, -0.15) is 4.72 Å². The zero-order valence-corrected chi connectivity index (χ0v) is 20.2. The number of carboxylic acids is 1. The number of unbranched alkanes of at least 4 members (excludes halogenated alkanes) is 1. The van der Waals surface area contributed by atoms with Crippen LogP contribution in [-0.4, -0.2) is 73.6 Å². The molecule has 0 amide bonds. The first kappa shape index (κ1) is 25.9. The SMILES string of the molecule is Cc1ccc(S(=O)(=O)N[C@@H](CCCC[C@H]2O[C@@H](n3cnc4c(N)ncnc43)[C@H](O)[C@@H]2O)C(=O)O)cc1. The summed E-state index contributed by atoms with van der Waals surface area (Å²) in [6, 6.07) is 4.79. The molecule has 6 N–H and O–H groups in total. The van der Waals surface area contributed by atoms with Crippen LogP contribution < -0.4 is 10.5 Å². The second kappa shape index (κ2) is 10.4. The van der Waals surface area contributed by atoms with Crippen LogP contribution in [0.1, 0.15) is 37.5 Å². The normalized spacial score (nSPS) is 23.2. The van der Waals surface area contributed by atoms with E-state index < -0.39 is 46.6 Å². The number of carboxylic acid groups (broad SMARTS) is 1. The number of imidazole rings is 1. The molecule has 4 rings (SSSR count). The average Bonchev–Trinajstić information content (AvgIpc) is 3.38. The van der Waals surface area contributed by atoms with Crippen LogP contribution in [0.5, 0.6) is 0 Å². The van der Waals surface area contributed by atoms with Gasteiger partial charge >= 0.3 is 5.97 Å². The van der Waals surface area contributed by atoms with Crippen LogP contribution in [0.3, 0.4) is 0 Å². The fraction of sp³-hybridized carbons (Fsp3) is 0.455. The molecule has 194 valence electrons. The maximum atomic E-state index is 12.6. The fourth-order valence-corrected chi connectivity index (χ4v) is 5.38. The molecule has 0 aliphatic carbocycles. The highest BCUT2D eigenvalue weighted by Gasteiger charge is 2.44. The molecule has 1 saturated heterocycles. The van der Waals surface area contributed by atoms with E-state index in [1.54, 1.807) is 12.1 Å². The molecule has 3 heterocycles. The van der Waals surface area contributed by atoms with Crippen molar-refractivity contribution in [2.45, 2.75) is 68.1 Å². The Balaban J connectivity index is 1.33. The lowest BCUT2D eigenvalue weighted by Crippen LogP contribution is -2.40. The summed E-state index contributed by atoms with van der Waals surface area (Å²) < 4.78 is 34.7. The zero-order chi connectivity index (χ0) is 26.0. The summed E-state index contributed by atoms with van der Waals surface area (Å²) in [7, 11) is -4.00. The number of anilines is 1. The summed E-state index contributed by atoms with van der Waals surface area (Å²) >= 11 is 0. The molecule has 2 aromatic heterocycles. The first-order valence-electron chi connectivity index (χ1n) is 11.3. The number of hydrogen-bond donors (Lipinski definition) is 5. The third kappa shape index (κ3) is 5.32. The van der Waals surface area contributed by atoms with Gasteiger partial charge in [-0.15, -0.1) is 0 Å². The van der Waals surface area contributed by atoms with Crippen LogP contribution in [0.25, 0.3) is 11.2 Å². The lowest BCUT2D eigenvalue weighted by molar-refractivity contribution is -0.139. The van der Waals surface area contributed by atoms with Crippen LogP contribution in [-0.2, 0) is 19.6 Å². The van der Waals surface area contributed by atoms with Gasteiger partial charge in [-0.05, 0) is 31.9 Å². The van der Waals surface area contributed by atoms with Gasteiger partial charge in [0.25, 0.3) is 0 Å². The van der Waals surface area contributed by atoms with Gasteiger partial charge in [0, 0.05) is 0 Å². The van der Waals surface area contributed by atoms with Crippen LogP contribution in [0, 0.1) is 6.92 Å². The minimum atomic E-state index is -4.00. The highest BCUT2D eigenvalue weighted by Crippen LogP contribution is 2.34. The molecule has 13 nitrogen and oxygen atoms in total. The van der Waals surface area contributed by atoms with Gasteiger partial charge in [0.1, 0.15) is 30.1 Å². The number of benzene rings is 1. The van der Waals surface area contributed by atoms with Gasteiger partial charge in [-0.3, -0.25) is 9.36 Å². The van der Waals surface area contributed by atoms with E-state index in [-0.39, 0.29) is 17.1 Å². The lowest BCUT2D eigenvalue weighted by atomic mass is 10.0. The molecule has 0 unspecified atom stereocenters. The van der Waals surface area contributed by atoms with Crippen LogP contribution in [0.15, 0.2) is 41.8 Å². The molecule has 1 aliphatic heterocycles. The van der Waals surface area contributed by atoms with Crippen molar-refractivity contribution in [2.24, 2.45) is 0 Å². The smallest absolute Gasteiger partial charge is 0.321 e. The molecule has 1 aliphatic rings. The molecule has 0 saturated carbocycles. The van der Waals surface area contributed by atoms with Crippen molar-refractivity contribution in [3.05, 3.63) is 42.5 Å². The topological polar surface area (TPSA) is 203 Å². The molecule has 3 aromatic rings. The molecule has 0 radical (unpaired) electrons. The second-order valence-electron chi connectivity index (χ2n) is 8.74. The Kier molecular flexibility index (Phi) is 7.51. The number of nitrogens with one attached hydrogen (secondary N) is 1. The summed E-state index contributed by atoms with van der Waals surface area (Å²) in [6.45, 7) is 1.82. The Morgan fingerprint density at radius 1 is 1.17 bits per heavy atom. The number of nitrogen functional groups attached to an aromatic ring is 1. The minimum Gasteiger partial charge on any atom is -0.480 e. The molecule has 14 heteroatoms. The maximum Gasteiger partial charge on any atom is 0.321 e. The van der Waals surface area contributed by atoms with Crippen molar-refractivity contribution >= 4 is 33.0 Å². The van der Waals surface area contributed by atoms with E-state index in [1.165, 1.54) is 29.4 Å². The molecule has 36 heavy (non-hydrogen) atoms. The van der Waals surface area contributed by atoms with E-state index in [0.717, 1.165) is 5.56 Å².